The lowest BCUT2D eigenvalue weighted by molar-refractivity contribution is -0.118. The van der Waals surface area contributed by atoms with E-state index >= 15 is 0 Å². The number of H-pyrrole nitrogens is 2. The highest BCUT2D eigenvalue weighted by molar-refractivity contribution is 6.00. The lowest BCUT2D eigenvalue weighted by Crippen LogP contribution is -2.48. The zero-order valence-electron chi connectivity index (χ0n) is 15.0. The van der Waals surface area contributed by atoms with Crippen molar-refractivity contribution in [1.82, 2.24) is 15.3 Å². The van der Waals surface area contributed by atoms with Crippen LogP contribution in [0.2, 0.25) is 0 Å². The fourth-order valence-corrected chi connectivity index (χ4v) is 2.70. The van der Waals surface area contributed by atoms with Crippen LogP contribution in [0.1, 0.15) is 13.8 Å². The summed E-state index contributed by atoms with van der Waals surface area (Å²) in [5.41, 5.74) is 2.10. The van der Waals surface area contributed by atoms with Crippen LogP contribution >= 0.6 is 0 Å². The molecule has 1 unspecified atom stereocenters. The number of hydrogen-bond acceptors (Lipinski definition) is 3. The van der Waals surface area contributed by atoms with Gasteiger partial charge in [-0.1, -0.05) is 32.0 Å². The van der Waals surface area contributed by atoms with Crippen molar-refractivity contribution in [2.24, 2.45) is 5.92 Å². The maximum Gasteiger partial charge on any atom is 0.323 e. The molecule has 0 aliphatic carbocycles. The minimum atomic E-state index is -0.727. The molecule has 2 aromatic carbocycles. The first-order chi connectivity index (χ1) is 12.9. The molecule has 1 aromatic heterocycles. The van der Waals surface area contributed by atoms with Gasteiger partial charge in [-0.05, 0) is 36.2 Å². The summed E-state index contributed by atoms with van der Waals surface area (Å²) in [7, 11) is 0. The van der Waals surface area contributed by atoms with Crippen molar-refractivity contribution in [2.45, 2.75) is 19.9 Å². The van der Waals surface area contributed by atoms with E-state index in [0.29, 0.717) is 22.4 Å². The Morgan fingerprint density at radius 1 is 0.889 bits per heavy atom. The van der Waals surface area contributed by atoms with E-state index in [1.54, 1.807) is 30.3 Å². The van der Waals surface area contributed by atoms with Crippen LogP contribution in [0, 0.1) is 5.92 Å². The zero-order chi connectivity index (χ0) is 19.4. The minimum Gasteiger partial charge on any atom is -0.326 e. The number of aromatic amines is 2. The molecular weight excluding hydrogens is 346 g/mol. The third-order valence-corrected chi connectivity index (χ3v) is 4.05. The third kappa shape index (κ3) is 4.55. The molecule has 0 spiro atoms. The molecule has 140 valence electrons. The van der Waals surface area contributed by atoms with Crippen LogP contribution < -0.4 is 21.6 Å². The number of para-hydroxylation sites is 1. The highest BCUT2D eigenvalue weighted by atomic mass is 16.2. The molecule has 1 atom stereocenters. The summed E-state index contributed by atoms with van der Waals surface area (Å²) in [6, 6.07) is 12.8. The number of amides is 3. The molecule has 5 N–H and O–H groups in total. The normalized spacial score (nSPS) is 12.0. The van der Waals surface area contributed by atoms with E-state index in [4.69, 9.17) is 0 Å². The lowest BCUT2D eigenvalue weighted by Gasteiger charge is -2.22. The minimum absolute atomic E-state index is 0.123. The molecule has 8 nitrogen and oxygen atoms in total. The molecule has 0 saturated carbocycles. The fourth-order valence-electron chi connectivity index (χ4n) is 2.70. The van der Waals surface area contributed by atoms with E-state index < -0.39 is 12.1 Å². The van der Waals surface area contributed by atoms with Crippen LogP contribution in [0.15, 0.2) is 53.3 Å². The summed E-state index contributed by atoms with van der Waals surface area (Å²) in [5, 5.41) is 8.18. The molecule has 1 heterocycles. The van der Waals surface area contributed by atoms with Gasteiger partial charge in [-0.2, -0.15) is 0 Å². The van der Waals surface area contributed by atoms with E-state index in [1.165, 1.54) is 0 Å². The van der Waals surface area contributed by atoms with Crippen molar-refractivity contribution in [2.75, 3.05) is 10.6 Å². The number of benzene rings is 2. The summed E-state index contributed by atoms with van der Waals surface area (Å²) in [6.07, 6.45) is 0. The maximum atomic E-state index is 12.6. The molecule has 0 aliphatic heterocycles. The number of carbonyl (C=O) groups is 2. The lowest BCUT2D eigenvalue weighted by atomic mass is 10.0. The van der Waals surface area contributed by atoms with Crippen molar-refractivity contribution in [1.29, 1.82) is 0 Å². The summed E-state index contributed by atoms with van der Waals surface area (Å²) in [4.78, 5) is 41.5. The maximum absolute atomic E-state index is 12.6. The van der Waals surface area contributed by atoms with Crippen molar-refractivity contribution < 1.29 is 9.59 Å². The number of anilines is 2. The number of carbonyl (C=O) groups excluding carboxylic acids is 2. The van der Waals surface area contributed by atoms with Gasteiger partial charge in [0.25, 0.3) is 0 Å². The number of aromatic nitrogens is 2. The molecule has 3 rings (SSSR count). The second-order valence-corrected chi connectivity index (χ2v) is 6.51. The number of urea groups is 1. The van der Waals surface area contributed by atoms with Crippen LogP contribution in [-0.4, -0.2) is 27.9 Å². The van der Waals surface area contributed by atoms with Gasteiger partial charge in [-0.3, -0.25) is 4.79 Å². The molecule has 3 amide bonds. The van der Waals surface area contributed by atoms with Crippen LogP contribution in [0.5, 0.6) is 0 Å². The topological polar surface area (TPSA) is 119 Å². The molecule has 8 heteroatoms. The van der Waals surface area contributed by atoms with Gasteiger partial charge in [0, 0.05) is 11.4 Å². The predicted octanol–water partition coefficient (Wildman–Crippen LogP) is 2.64. The van der Waals surface area contributed by atoms with Crippen LogP contribution in [0.4, 0.5) is 16.2 Å². The molecule has 3 aromatic rings. The second-order valence-electron chi connectivity index (χ2n) is 6.51. The van der Waals surface area contributed by atoms with E-state index in [1.807, 2.05) is 32.0 Å². The summed E-state index contributed by atoms with van der Waals surface area (Å²) < 4.78 is 0. The van der Waals surface area contributed by atoms with Gasteiger partial charge in [0.2, 0.25) is 5.91 Å². The van der Waals surface area contributed by atoms with Crippen molar-refractivity contribution in [3.63, 3.8) is 0 Å². The number of rotatable bonds is 5. The first-order valence-corrected chi connectivity index (χ1v) is 8.58. The summed E-state index contributed by atoms with van der Waals surface area (Å²) in [6.45, 7) is 3.69. The molecule has 0 fully saturated rings. The zero-order valence-corrected chi connectivity index (χ0v) is 15.0. The Balaban J connectivity index is 1.68. The van der Waals surface area contributed by atoms with Gasteiger partial charge in [0.05, 0.1) is 11.0 Å². The molecule has 27 heavy (non-hydrogen) atoms. The molecule has 0 radical (unpaired) electrons. The first-order valence-electron chi connectivity index (χ1n) is 8.58. The highest BCUT2D eigenvalue weighted by Crippen LogP contribution is 2.16. The predicted molar refractivity (Wildman–Crippen MR) is 105 cm³/mol. The highest BCUT2D eigenvalue weighted by Gasteiger charge is 2.24. The van der Waals surface area contributed by atoms with Gasteiger partial charge in [0.1, 0.15) is 6.04 Å². The summed E-state index contributed by atoms with van der Waals surface area (Å²) in [5.74, 6) is -0.465. The van der Waals surface area contributed by atoms with E-state index in [-0.39, 0.29) is 17.5 Å². The van der Waals surface area contributed by atoms with Gasteiger partial charge in [0.15, 0.2) is 0 Å². The van der Waals surface area contributed by atoms with Gasteiger partial charge < -0.3 is 25.9 Å². The van der Waals surface area contributed by atoms with Crippen LogP contribution in [-0.2, 0) is 4.79 Å². The molecular formula is C19H21N5O3. The Morgan fingerprint density at radius 3 is 2.30 bits per heavy atom. The average molecular weight is 367 g/mol. The smallest absolute Gasteiger partial charge is 0.323 e. The van der Waals surface area contributed by atoms with Gasteiger partial charge in [-0.15, -0.1) is 0 Å². The number of nitrogens with one attached hydrogen (secondary N) is 5. The van der Waals surface area contributed by atoms with Gasteiger partial charge in [-0.25, -0.2) is 9.59 Å². The van der Waals surface area contributed by atoms with Crippen LogP contribution in [0.3, 0.4) is 0 Å². The summed E-state index contributed by atoms with van der Waals surface area (Å²) >= 11 is 0. The Hall–Kier alpha value is -3.55. The monoisotopic (exact) mass is 367 g/mol. The Bertz CT molecular complexity index is 1010. The van der Waals surface area contributed by atoms with E-state index in [0.717, 1.165) is 0 Å². The van der Waals surface area contributed by atoms with Crippen molar-refractivity contribution >= 4 is 34.3 Å². The van der Waals surface area contributed by atoms with E-state index in [9.17, 15) is 14.4 Å². The largest absolute Gasteiger partial charge is 0.326 e. The van der Waals surface area contributed by atoms with Crippen LogP contribution in [0.25, 0.3) is 11.0 Å². The Morgan fingerprint density at radius 2 is 1.59 bits per heavy atom. The first kappa shape index (κ1) is 18.2. The SMILES string of the molecule is CC(C)C(NC(=O)Nc1ccccc1)C(=O)Nc1ccc2[nH]c(=O)[nH]c2c1. The molecule has 0 bridgehead atoms. The Labute approximate surface area is 155 Å². The quantitative estimate of drug-likeness (QED) is 0.477. The van der Waals surface area contributed by atoms with Crippen molar-refractivity contribution in [3.8, 4) is 0 Å². The third-order valence-electron chi connectivity index (χ3n) is 4.05. The standard InChI is InChI=1S/C19H21N5O3/c1-11(2)16(24-18(26)21-12-6-4-3-5-7-12)17(25)20-13-8-9-14-15(10-13)23-19(27)22-14/h3-11,16H,1-2H3,(H,20,25)(H2,21,24,26)(H2,22,23,27). The Kier molecular flexibility index (Phi) is 5.25. The van der Waals surface area contributed by atoms with Gasteiger partial charge >= 0.3 is 11.7 Å². The van der Waals surface area contributed by atoms with E-state index in [2.05, 4.69) is 25.9 Å². The van der Waals surface area contributed by atoms with Crippen molar-refractivity contribution in [3.05, 3.63) is 59.0 Å². The number of imidazole rings is 1. The molecule has 0 saturated heterocycles. The second kappa shape index (κ2) is 7.77. The fraction of sp³-hybridized carbons (Fsp3) is 0.211. The molecule has 0 aliphatic rings. The number of hydrogen-bond donors (Lipinski definition) is 5. The average Bonchev–Trinajstić information content (AvgIpc) is 2.99. The number of fused-ring (bicyclic) bond motifs is 1.